The van der Waals surface area contributed by atoms with E-state index in [2.05, 4.69) is 0 Å². The molecule has 0 radical (unpaired) electrons. The number of nitrogens with zero attached hydrogens (tertiary/aromatic N) is 1. The molecular formula is C14H22N2O3. The molecule has 0 heterocycles. The molecule has 19 heavy (non-hydrogen) atoms. The van der Waals surface area contributed by atoms with Crippen molar-refractivity contribution in [2.75, 3.05) is 27.2 Å². The molecule has 106 valence electrons. The lowest BCUT2D eigenvalue weighted by molar-refractivity contribution is 0.0789. The number of benzene rings is 1. The zero-order chi connectivity index (χ0) is 14.3. The Morgan fingerprint density at radius 1 is 1.37 bits per heavy atom. The Morgan fingerprint density at radius 2 is 2.11 bits per heavy atom. The lowest BCUT2D eigenvalue weighted by atomic mass is 10.1. The minimum atomic E-state index is -0.187. The molecule has 0 fully saturated rings. The summed E-state index contributed by atoms with van der Waals surface area (Å²) in [4.78, 5) is 13.7. The van der Waals surface area contributed by atoms with Gasteiger partial charge in [0.05, 0.1) is 12.7 Å². The van der Waals surface area contributed by atoms with E-state index in [0.29, 0.717) is 24.4 Å². The summed E-state index contributed by atoms with van der Waals surface area (Å²) >= 11 is 0. The van der Waals surface area contributed by atoms with Gasteiger partial charge in [-0.15, -0.1) is 0 Å². The molecule has 0 saturated heterocycles. The molecule has 0 aromatic heterocycles. The molecule has 1 aromatic carbocycles. The Hall–Kier alpha value is -1.75. The Labute approximate surface area is 114 Å². The Bertz CT molecular complexity index is 421. The molecule has 5 nitrogen and oxygen atoms in total. The normalized spacial score (nSPS) is 10.3. The summed E-state index contributed by atoms with van der Waals surface area (Å²) in [5.41, 5.74) is 5.71. The number of nitrogens with two attached hydrogens (primary N) is 1. The third-order valence-electron chi connectivity index (χ3n) is 2.98. The zero-order valence-electron chi connectivity index (χ0n) is 11.6. The average Bonchev–Trinajstić information content (AvgIpc) is 2.42. The number of carbonyl (C=O) groups is 1. The summed E-state index contributed by atoms with van der Waals surface area (Å²) in [6.45, 7) is 1.33. The fourth-order valence-corrected chi connectivity index (χ4v) is 1.80. The number of hydrogen-bond donors (Lipinski definition) is 2. The minimum absolute atomic E-state index is 0.0573. The monoisotopic (exact) mass is 266 g/mol. The minimum Gasteiger partial charge on any atom is -0.507 e. The third kappa shape index (κ3) is 4.44. The second-order valence-electron chi connectivity index (χ2n) is 4.46. The average molecular weight is 266 g/mol. The summed E-state index contributed by atoms with van der Waals surface area (Å²) in [5.74, 6) is 0.283. The second kappa shape index (κ2) is 7.63. The molecule has 0 bridgehead atoms. The fraction of sp³-hybridized carbons (Fsp3) is 0.500. The first kappa shape index (κ1) is 15.3. The smallest absolute Gasteiger partial charge is 0.257 e. The highest BCUT2D eigenvalue weighted by atomic mass is 16.5. The van der Waals surface area contributed by atoms with E-state index in [1.807, 2.05) is 0 Å². The number of aromatic hydroxyl groups is 1. The molecule has 1 rings (SSSR count). The predicted molar refractivity (Wildman–Crippen MR) is 74.5 cm³/mol. The van der Waals surface area contributed by atoms with Crippen LogP contribution in [0, 0.1) is 0 Å². The number of rotatable bonds is 7. The van der Waals surface area contributed by atoms with Crippen LogP contribution in [-0.4, -0.2) is 43.2 Å². The second-order valence-corrected chi connectivity index (χ2v) is 4.46. The predicted octanol–water partition coefficient (Wildman–Crippen LogP) is 1.60. The standard InChI is InChI=1S/C14H22N2O3/c1-16(9-5-3-4-8-15)14(18)12-7-6-11(19-2)10-13(12)17/h6-7,10,17H,3-5,8-9,15H2,1-2H3. The van der Waals surface area contributed by atoms with Crippen LogP contribution in [0.2, 0.25) is 0 Å². The van der Waals surface area contributed by atoms with Gasteiger partial charge in [0.15, 0.2) is 0 Å². The summed E-state index contributed by atoms with van der Waals surface area (Å²) in [7, 11) is 3.24. The van der Waals surface area contributed by atoms with Gasteiger partial charge in [-0.05, 0) is 31.5 Å². The summed E-state index contributed by atoms with van der Waals surface area (Å²) in [6.07, 6.45) is 2.88. The molecule has 0 spiro atoms. The molecule has 5 heteroatoms. The van der Waals surface area contributed by atoms with E-state index in [1.165, 1.54) is 13.2 Å². The Morgan fingerprint density at radius 3 is 2.68 bits per heavy atom. The van der Waals surface area contributed by atoms with Crippen molar-refractivity contribution in [3.8, 4) is 11.5 Å². The van der Waals surface area contributed by atoms with Gasteiger partial charge in [-0.2, -0.15) is 0 Å². The SMILES string of the molecule is COc1ccc(C(=O)N(C)CCCCCN)c(O)c1. The topological polar surface area (TPSA) is 75.8 Å². The van der Waals surface area contributed by atoms with Crippen molar-refractivity contribution in [3.05, 3.63) is 23.8 Å². The van der Waals surface area contributed by atoms with Crippen LogP contribution in [-0.2, 0) is 0 Å². The van der Waals surface area contributed by atoms with Crippen LogP contribution in [0.25, 0.3) is 0 Å². The summed E-state index contributed by atoms with van der Waals surface area (Å²) in [5, 5.41) is 9.81. The van der Waals surface area contributed by atoms with Crippen LogP contribution in [0.3, 0.4) is 0 Å². The van der Waals surface area contributed by atoms with Crippen molar-refractivity contribution < 1.29 is 14.6 Å². The zero-order valence-corrected chi connectivity index (χ0v) is 11.6. The van der Waals surface area contributed by atoms with E-state index in [9.17, 15) is 9.90 Å². The summed E-state index contributed by atoms with van der Waals surface area (Å²) < 4.78 is 4.99. The first-order valence-corrected chi connectivity index (χ1v) is 6.42. The van der Waals surface area contributed by atoms with E-state index < -0.39 is 0 Å². The molecule has 0 saturated carbocycles. The van der Waals surface area contributed by atoms with Gasteiger partial charge in [0.25, 0.3) is 5.91 Å². The number of amides is 1. The summed E-state index contributed by atoms with van der Waals surface area (Å²) in [6, 6.07) is 4.68. The number of methoxy groups -OCH3 is 1. The van der Waals surface area contributed by atoms with Crippen LogP contribution in [0.15, 0.2) is 18.2 Å². The van der Waals surface area contributed by atoms with Gasteiger partial charge < -0.3 is 20.5 Å². The van der Waals surface area contributed by atoms with E-state index in [1.54, 1.807) is 24.1 Å². The highest BCUT2D eigenvalue weighted by Crippen LogP contribution is 2.24. The van der Waals surface area contributed by atoms with Crippen LogP contribution < -0.4 is 10.5 Å². The van der Waals surface area contributed by atoms with Crippen molar-refractivity contribution in [2.45, 2.75) is 19.3 Å². The van der Waals surface area contributed by atoms with Crippen LogP contribution in [0.1, 0.15) is 29.6 Å². The quantitative estimate of drug-likeness (QED) is 0.735. The van der Waals surface area contributed by atoms with Crippen molar-refractivity contribution in [1.29, 1.82) is 0 Å². The maximum Gasteiger partial charge on any atom is 0.257 e. The van der Waals surface area contributed by atoms with E-state index in [4.69, 9.17) is 10.5 Å². The number of unbranched alkanes of at least 4 members (excludes halogenated alkanes) is 2. The van der Waals surface area contributed by atoms with Gasteiger partial charge in [-0.25, -0.2) is 0 Å². The molecule has 0 aliphatic carbocycles. The lowest BCUT2D eigenvalue weighted by Gasteiger charge is -2.18. The van der Waals surface area contributed by atoms with E-state index in [0.717, 1.165) is 19.3 Å². The molecule has 3 N–H and O–H groups in total. The Balaban J connectivity index is 2.61. The lowest BCUT2D eigenvalue weighted by Crippen LogP contribution is -2.27. The largest absolute Gasteiger partial charge is 0.507 e. The number of phenols is 1. The first-order chi connectivity index (χ1) is 9.10. The van der Waals surface area contributed by atoms with Crippen molar-refractivity contribution in [2.24, 2.45) is 5.73 Å². The molecule has 0 aliphatic heterocycles. The number of phenolic OH excluding ortho intramolecular Hbond substituents is 1. The van der Waals surface area contributed by atoms with Gasteiger partial charge in [0, 0.05) is 19.7 Å². The first-order valence-electron chi connectivity index (χ1n) is 6.42. The number of ether oxygens (including phenoxy) is 1. The number of hydrogen-bond acceptors (Lipinski definition) is 4. The van der Waals surface area contributed by atoms with Crippen LogP contribution in [0.5, 0.6) is 11.5 Å². The van der Waals surface area contributed by atoms with E-state index in [-0.39, 0.29) is 11.7 Å². The van der Waals surface area contributed by atoms with E-state index >= 15 is 0 Å². The highest BCUT2D eigenvalue weighted by molar-refractivity contribution is 5.96. The molecule has 0 unspecified atom stereocenters. The molecule has 0 aliphatic rings. The molecule has 0 atom stereocenters. The molecular weight excluding hydrogens is 244 g/mol. The molecule has 1 amide bonds. The van der Waals surface area contributed by atoms with Gasteiger partial charge in [-0.1, -0.05) is 6.42 Å². The van der Waals surface area contributed by atoms with Crippen molar-refractivity contribution >= 4 is 5.91 Å². The van der Waals surface area contributed by atoms with Gasteiger partial charge in [-0.3, -0.25) is 4.79 Å². The molecule has 1 aromatic rings. The van der Waals surface area contributed by atoms with Gasteiger partial charge in [0.1, 0.15) is 11.5 Å². The maximum atomic E-state index is 12.1. The Kier molecular flexibility index (Phi) is 6.15. The third-order valence-corrected chi connectivity index (χ3v) is 2.98. The van der Waals surface area contributed by atoms with Gasteiger partial charge >= 0.3 is 0 Å². The van der Waals surface area contributed by atoms with Crippen LogP contribution in [0.4, 0.5) is 0 Å². The maximum absolute atomic E-state index is 12.1. The van der Waals surface area contributed by atoms with Crippen molar-refractivity contribution in [1.82, 2.24) is 4.90 Å². The fourth-order valence-electron chi connectivity index (χ4n) is 1.80. The van der Waals surface area contributed by atoms with Crippen LogP contribution >= 0.6 is 0 Å². The number of carbonyl (C=O) groups excluding carboxylic acids is 1. The highest BCUT2D eigenvalue weighted by Gasteiger charge is 2.15. The van der Waals surface area contributed by atoms with Gasteiger partial charge in [0.2, 0.25) is 0 Å². The van der Waals surface area contributed by atoms with Crippen molar-refractivity contribution in [3.63, 3.8) is 0 Å².